The Morgan fingerprint density at radius 3 is 2.20 bits per heavy atom. The fraction of sp³-hybridized carbons (Fsp3) is 0.417. The van der Waals surface area contributed by atoms with Crippen molar-refractivity contribution in [2.75, 3.05) is 24.9 Å². The van der Waals surface area contributed by atoms with Crippen LogP contribution in [0.15, 0.2) is 48.5 Å². The summed E-state index contributed by atoms with van der Waals surface area (Å²) in [6.07, 6.45) is 0.721. The zero-order valence-electron chi connectivity index (χ0n) is 20.5. The highest BCUT2D eigenvalue weighted by molar-refractivity contribution is 7.90. The Kier molecular flexibility index (Phi) is 10.4. The molecule has 2 aromatic rings. The van der Waals surface area contributed by atoms with Crippen molar-refractivity contribution in [2.24, 2.45) is 0 Å². The van der Waals surface area contributed by atoms with E-state index >= 15 is 0 Å². The number of anilines is 1. The van der Waals surface area contributed by atoms with E-state index in [2.05, 4.69) is 5.32 Å². The fourth-order valence-corrected chi connectivity index (χ4v) is 4.72. The Hall–Kier alpha value is -2.33. The molecule has 11 heteroatoms. The first kappa shape index (κ1) is 28.9. The molecule has 0 aliphatic carbocycles. The van der Waals surface area contributed by atoms with E-state index in [1.54, 1.807) is 55.5 Å². The van der Waals surface area contributed by atoms with Gasteiger partial charge in [-0.1, -0.05) is 54.4 Å². The van der Waals surface area contributed by atoms with Gasteiger partial charge < -0.3 is 10.2 Å². The minimum Gasteiger partial charge on any atom is -0.352 e. The van der Waals surface area contributed by atoms with E-state index in [-0.39, 0.29) is 18.5 Å². The number of rotatable bonds is 11. The summed E-state index contributed by atoms with van der Waals surface area (Å²) in [5.41, 5.74) is 0.907. The fourth-order valence-electron chi connectivity index (χ4n) is 3.19. The molecule has 0 unspecified atom stereocenters. The van der Waals surface area contributed by atoms with Crippen LogP contribution in [-0.4, -0.2) is 62.2 Å². The number of nitrogens with one attached hydrogen (secondary N) is 1. The van der Waals surface area contributed by atoms with Gasteiger partial charge in [0, 0.05) is 36.7 Å². The van der Waals surface area contributed by atoms with E-state index in [1.165, 1.54) is 19.0 Å². The molecule has 2 aromatic carbocycles. The molecule has 0 saturated carbocycles. The number of halogens is 2. The van der Waals surface area contributed by atoms with Gasteiger partial charge in [-0.25, -0.2) is 4.31 Å². The molecule has 0 aromatic heterocycles. The van der Waals surface area contributed by atoms with E-state index in [1.807, 2.05) is 13.8 Å². The van der Waals surface area contributed by atoms with Gasteiger partial charge in [-0.05, 0) is 50.1 Å². The Morgan fingerprint density at radius 1 is 1.03 bits per heavy atom. The van der Waals surface area contributed by atoms with Crippen molar-refractivity contribution in [3.05, 3.63) is 64.1 Å². The summed E-state index contributed by atoms with van der Waals surface area (Å²) in [6, 6.07) is 12.2. The highest BCUT2D eigenvalue weighted by atomic mass is 35.5. The second-order valence-corrected chi connectivity index (χ2v) is 11.3. The van der Waals surface area contributed by atoms with Crippen LogP contribution in [0, 0.1) is 0 Å². The highest BCUT2D eigenvalue weighted by Gasteiger charge is 2.33. The van der Waals surface area contributed by atoms with Crippen molar-refractivity contribution in [1.29, 1.82) is 0 Å². The van der Waals surface area contributed by atoms with Crippen molar-refractivity contribution in [2.45, 2.75) is 45.8 Å². The van der Waals surface area contributed by atoms with Crippen LogP contribution >= 0.6 is 23.2 Å². The van der Waals surface area contributed by atoms with Crippen LogP contribution in [0.5, 0.6) is 0 Å². The maximum Gasteiger partial charge on any atom is 0.304 e. The molecule has 0 saturated heterocycles. The lowest BCUT2D eigenvalue weighted by Crippen LogP contribution is -2.53. The summed E-state index contributed by atoms with van der Waals surface area (Å²) in [5, 5.41) is 3.66. The largest absolute Gasteiger partial charge is 0.352 e. The van der Waals surface area contributed by atoms with E-state index in [0.717, 1.165) is 15.0 Å². The predicted molar refractivity (Wildman–Crippen MR) is 141 cm³/mol. The third-order valence-corrected chi connectivity index (χ3v) is 7.99. The molecule has 0 heterocycles. The molecule has 2 amide bonds. The summed E-state index contributed by atoms with van der Waals surface area (Å²) in [5.74, 6) is -0.906. The van der Waals surface area contributed by atoms with Gasteiger partial charge in [-0.15, -0.1) is 0 Å². The SMILES string of the molecule is CC[C@H](C)NC(=O)[C@@H](C)N(Cc1ccc(Cl)cc1Cl)C(=O)CN(c1ccccc1)S(=O)(=O)N(C)C. The number of carbonyl (C=O) groups excluding carboxylic acids is 2. The first-order chi connectivity index (χ1) is 16.4. The zero-order chi connectivity index (χ0) is 26.3. The minimum atomic E-state index is -4.00. The van der Waals surface area contributed by atoms with E-state index in [0.29, 0.717) is 21.3 Å². The Balaban J connectivity index is 2.46. The minimum absolute atomic E-state index is 0.00539. The predicted octanol–water partition coefficient (Wildman–Crippen LogP) is 3.94. The second-order valence-electron chi connectivity index (χ2n) is 8.38. The number of hydrogen-bond donors (Lipinski definition) is 1. The first-order valence-corrected chi connectivity index (χ1v) is 13.3. The van der Waals surface area contributed by atoms with Gasteiger partial charge in [-0.2, -0.15) is 12.7 Å². The molecule has 0 fully saturated rings. The zero-order valence-corrected chi connectivity index (χ0v) is 22.9. The monoisotopic (exact) mass is 542 g/mol. The maximum atomic E-state index is 13.6. The summed E-state index contributed by atoms with van der Waals surface area (Å²) < 4.78 is 28.2. The molecule has 192 valence electrons. The molecule has 1 N–H and O–H groups in total. The Labute approximate surface area is 218 Å². The number of carbonyl (C=O) groups is 2. The van der Waals surface area contributed by atoms with Gasteiger partial charge >= 0.3 is 10.2 Å². The van der Waals surface area contributed by atoms with Crippen molar-refractivity contribution in [3.8, 4) is 0 Å². The molecule has 0 aliphatic rings. The number of para-hydroxylation sites is 1. The van der Waals surface area contributed by atoms with Crippen molar-refractivity contribution < 1.29 is 18.0 Å². The lowest BCUT2D eigenvalue weighted by atomic mass is 10.1. The van der Waals surface area contributed by atoms with E-state index in [9.17, 15) is 18.0 Å². The summed E-state index contributed by atoms with van der Waals surface area (Å²) in [6.45, 7) is 4.90. The van der Waals surface area contributed by atoms with Gasteiger partial charge in [0.25, 0.3) is 0 Å². The maximum absolute atomic E-state index is 13.6. The molecule has 0 spiro atoms. The lowest BCUT2D eigenvalue weighted by Gasteiger charge is -2.33. The normalized spacial score (nSPS) is 13.3. The van der Waals surface area contributed by atoms with Crippen LogP contribution in [-0.2, 0) is 26.3 Å². The molecule has 8 nitrogen and oxygen atoms in total. The van der Waals surface area contributed by atoms with Crippen LogP contribution in [0.2, 0.25) is 10.0 Å². The van der Waals surface area contributed by atoms with Gasteiger partial charge in [0.15, 0.2) is 0 Å². The third kappa shape index (κ3) is 7.57. The van der Waals surface area contributed by atoms with Crippen molar-refractivity contribution >= 4 is 50.9 Å². The number of benzene rings is 2. The Bertz CT molecular complexity index is 1130. The van der Waals surface area contributed by atoms with Gasteiger partial charge in [0.1, 0.15) is 12.6 Å². The number of nitrogens with zero attached hydrogens (tertiary/aromatic N) is 3. The molecule has 2 atom stereocenters. The van der Waals surface area contributed by atoms with Gasteiger partial charge in [0.05, 0.1) is 5.69 Å². The number of amides is 2. The average molecular weight is 544 g/mol. The molecule has 35 heavy (non-hydrogen) atoms. The third-order valence-electron chi connectivity index (χ3n) is 5.59. The topological polar surface area (TPSA) is 90.0 Å². The molecule has 2 rings (SSSR count). The molecule has 0 bridgehead atoms. The lowest BCUT2D eigenvalue weighted by molar-refractivity contribution is -0.139. The number of hydrogen-bond acceptors (Lipinski definition) is 4. The summed E-state index contributed by atoms with van der Waals surface area (Å²) in [4.78, 5) is 27.9. The van der Waals surface area contributed by atoms with E-state index in [4.69, 9.17) is 23.2 Å². The smallest absolute Gasteiger partial charge is 0.304 e. The van der Waals surface area contributed by atoms with Crippen LogP contribution < -0.4 is 9.62 Å². The molecule has 0 aliphatic heterocycles. The summed E-state index contributed by atoms with van der Waals surface area (Å²) in [7, 11) is -1.22. The standard InChI is InChI=1S/C24H32Cl2N4O4S/c1-6-17(2)27-24(32)18(3)29(15-19-12-13-20(25)14-22(19)26)23(31)16-30(35(33,34)28(4)5)21-10-8-7-9-11-21/h7-14,17-18H,6,15-16H2,1-5H3,(H,27,32)/t17-,18+/m0/s1. The van der Waals surface area contributed by atoms with Crippen LogP contribution in [0.3, 0.4) is 0 Å². The van der Waals surface area contributed by atoms with Crippen molar-refractivity contribution in [3.63, 3.8) is 0 Å². The molecular formula is C24H32Cl2N4O4S. The van der Waals surface area contributed by atoms with Crippen LogP contribution in [0.25, 0.3) is 0 Å². The molecular weight excluding hydrogens is 511 g/mol. The average Bonchev–Trinajstić information content (AvgIpc) is 2.81. The molecule has 0 radical (unpaired) electrons. The first-order valence-electron chi connectivity index (χ1n) is 11.2. The highest BCUT2D eigenvalue weighted by Crippen LogP contribution is 2.24. The van der Waals surface area contributed by atoms with Crippen molar-refractivity contribution in [1.82, 2.24) is 14.5 Å². The second kappa shape index (κ2) is 12.6. The van der Waals surface area contributed by atoms with Gasteiger partial charge in [-0.3, -0.25) is 9.59 Å². The summed E-state index contributed by atoms with van der Waals surface area (Å²) >= 11 is 12.4. The van der Waals surface area contributed by atoms with Crippen LogP contribution in [0.4, 0.5) is 5.69 Å². The van der Waals surface area contributed by atoms with Crippen LogP contribution in [0.1, 0.15) is 32.8 Å². The van der Waals surface area contributed by atoms with Gasteiger partial charge in [0.2, 0.25) is 11.8 Å². The Morgan fingerprint density at radius 2 is 1.66 bits per heavy atom. The van der Waals surface area contributed by atoms with E-state index < -0.39 is 28.7 Å². The quantitative estimate of drug-likeness (QED) is 0.465.